The Labute approximate surface area is 108 Å². The average Bonchev–Trinajstić information content (AvgIpc) is 2.57. The standard InChI is InChI=1S/C14H19ClS/c1-10(7-11(2)15)8-13-9-12-5-3-4-6-14(12)16-13/h3-6,10-11,13H,7-9H2,1-2H3. The molecule has 16 heavy (non-hydrogen) atoms. The van der Waals surface area contributed by atoms with Crippen molar-refractivity contribution in [3.05, 3.63) is 29.8 Å². The summed E-state index contributed by atoms with van der Waals surface area (Å²) in [5, 5.41) is 1.08. The highest BCUT2D eigenvalue weighted by atomic mass is 35.5. The van der Waals surface area contributed by atoms with Gasteiger partial charge in [-0.05, 0) is 43.7 Å². The van der Waals surface area contributed by atoms with Crippen LogP contribution in [-0.2, 0) is 6.42 Å². The molecule has 2 heteroatoms. The van der Waals surface area contributed by atoms with Gasteiger partial charge in [0.15, 0.2) is 0 Å². The third-order valence-electron chi connectivity index (χ3n) is 3.11. The molecule has 0 aliphatic carbocycles. The molecule has 88 valence electrons. The summed E-state index contributed by atoms with van der Waals surface area (Å²) in [5.41, 5.74) is 1.53. The molecule has 1 aliphatic heterocycles. The molecule has 2 rings (SSSR count). The quantitative estimate of drug-likeness (QED) is 0.699. The number of rotatable bonds is 4. The van der Waals surface area contributed by atoms with Gasteiger partial charge in [0.1, 0.15) is 0 Å². The predicted molar refractivity (Wildman–Crippen MR) is 73.5 cm³/mol. The first kappa shape index (κ1) is 12.3. The lowest BCUT2D eigenvalue weighted by Crippen LogP contribution is -2.10. The van der Waals surface area contributed by atoms with Crippen LogP contribution in [0.25, 0.3) is 0 Å². The van der Waals surface area contributed by atoms with Crippen molar-refractivity contribution >= 4 is 23.4 Å². The fraction of sp³-hybridized carbons (Fsp3) is 0.571. The van der Waals surface area contributed by atoms with Crippen molar-refractivity contribution in [1.29, 1.82) is 0 Å². The molecule has 3 atom stereocenters. The van der Waals surface area contributed by atoms with Crippen molar-refractivity contribution < 1.29 is 0 Å². The average molecular weight is 255 g/mol. The first-order valence-corrected chi connectivity index (χ1v) is 7.35. The van der Waals surface area contributed by atoms with Crippen LogP contribution in [0, 0.1) is 5.92 Å². The van der Waals surface area contributed by atoms with Gasteiger partial charge >= 0.3 is 0 Å². The summed E-state index contributed by atoms with van der Waals surface area (Å²) in [7, 11) is 0. The Morgan fingerprint density at radius 1 is 1.38 bits per heavy atom. The van der Waals surface area contributed by atoms with Gasteiger partial charge in [-0.2, -0.15) is 0 Å². The smallest absolute Gasteiger partial charge is 0.0310 e. The second kappa shape index (κ2) is 5.46. The van der Waals surface area contributed by atoms with Gasteiger partial charge in [-0.3, -0.25) is 0 Å². The van der Waals surface area contributed by atoms with E-state index in [1.54, 1.807) is 0 Å². The molecule has 1 heterocycles. The predicted octanol–water partition coefficient (Wildman–Crippen LogP) is 4.75. The number of hydrogen-bond donors (Lipinski definition) is 0. The molecule has 0 bridgehead atoms. The highest BCUT2D eigenvalue weighted by Gasteiger charge is 2.23. The Morgan fingerprint density at radius 3 is 2.81 bits per heavy atom. The second-order valence-corrected chi connectivity index (χ2v) is 7.00. The fourth-order valence-corrected chi connectivity index (χ4v) is 4.30. The van der Waals surface area contributed by atoms with Crippen molar-refractivity contribution in [2.45, 2.75) is 48.6 Å². The minimum Gasteiger partial charge on any atom is -0.123 e. The minimum atomic E-state index is 0.309. The first-order chi connectivity index (χ1) is 7.65. The van der Waals surface area contributed by atoms with Crippen molar-refractivity contribution in [3.63, 3.8) is 0 Å². The molecular weight excluding hydrogens is 236 g/mol. The molecule has 1 aliphatic rings. The van der Waals surface area contributed by atoms with Crippen LogP contribution < -0.4 is 0 Å². The first-order valence-electron chi connectivity index (χ1n) is 6.03. The van der Waals surface area contributed by atoms with Crippen LogP contribution in [0.3, 0.4) is 0 Å². The zero-order valence-corrected chi connectivity index (χ0v) is 11.5. The summed E-state index contributed by atoms with van der Waals surface area (Å²) in [5.74, 6) is 0.735. The Kier molecular flexibility index (Phi) is 4.21. The van der Waals surface area contributed by atoms with Crippen LogP contribution in [0.2, 0.25) is 0 Å². The number of alkyl halides is 1. The van der Waals surface area contributed by atoms with Gasteiger partial charge in [0.2, 0.25) is 0 Å². The third kappa shape index (κ3) is 3.18. The van der Waals surface area contributed by atoms with Crippen LogP contribution in [0.1, 0.15) is 32.3 Å². The number of fused-ring (bicyclic) bond motifs is 1. The lowest BCUT2D eigenvalue weighted by Gasteiger charge is -2.16. The third-order valence-corrected chi connectivity index (χ3v) is 4.63. The summed E-state index contributed by atoms with van der Waals surface area (Å²) >= 11 is 8.09. The van der Waals surface area contributed by atoms with E-state index in [0.29, 0.717) is 5.38 Å². The molecule has 0 radical (unpaired) electrons. The summed E-state index contributed by atoms with van der Waals surface area (Å²) < 4.78 is 0. The molecule has 1 aromatic carbocycles. The molecule has 0 amide bonds. The summed E-state index contributed by atoms with van der Waals surface area (Å²) in [6, 6.07) is 8.79. The molecule has 0 saturated carbocycles. The molecule has 0 nitrogen and oxygen atoms in total. The maximum Gasteiger partial charge on any atom is 0.0310 e. The van der Waals surface area contributed by atoms with Gasteiger partial charge in [0.25, 0.3) is 0 Å². The van der Waals surface area contributed by atoms with E-state index in [4.69, 9.17) is 11.6 Å². The number of halogens is 1. The van der Waals surface area contributed by atoms with E-state index in [2.05, 4.69) is 38.1 Å². The van der Waals surface area contributed by atoms with Gasteiger partial charge in [0.05, 0.1) is 0 Å². The van der Waals surface area contributed by atoms with Crippen molar-refractivity contribution in [1.82, 2.24) is 0 Å². The molecule has 0 spiro atoms. The van der Waals surface area contributed by atoms with Crippen LogP contribution in [-0.4, -0.2) is 10.6 Å². The second-order valence-electron chi connectivity index (χ2n) is 4.91. The van der Waals surface area contributed by atoms with E-state index in [1.807, 2.05) is 11.8 Å². The minimum absolute atomic E-state index is 0.309. The van der Waals surface area contributed by atoms with E-state index in [9.17, 15) is 0 Å². The number of benzene rings is 1. The Bertz CT molecular complexity index is 323. The number of hydrogen-bond acceptors (Lipinski definition) is 1. The van der Waals surface area contributed by atoms with Crippen LogP contribution in [0.5, 0.6) is 0 Å². The summed E-state index contributed by atoms with van der Waals surface area (Å²) in [6.07, 6.45) is 3.66. The highest BCUT2D eigenvalue weighted by Crippen LogP contribution is 2.40. The zero-order chi connectivity index (χ0) is 11.5. The molecule has 0 aromatic heterocycles. The largest absolute Gasteiger partial charge is 0.123 e. The lowest BCUT2D eigenvalue weighted by atomic mass is 9.97. The summed E-state index contributed by atoms with van der Waals surface area (Å²) in [6.45, 7) is 4.41. The fourth-order valence-electron chi connectivity index (χ4n) is 2.48. The van der Waals surface area contributed by atoms with Crippen molar-refractivity contribution in [2.24, 2.45) is 5.92 Å². The van der Waals surface area contributed by atoms with E-state index < -0.39 is 0 Å². The van der Waals surface area contributed by atoms with Crippen LogP contribution in [0.4, 0.5) is 0 Å². The normalized spacial score (nSPS) is 22.8. The van der Waals surface area contributed by atoms with Gasteiger partial charge in [-0.25, -0.2) is 0 Å². The number of thioether (sulfide) groups is 1. The van der Waals surface area contributed by atoms with Crippen molar-refractivity contribution in [2.75, 3.05) is 0 Å². The topological polar surface area (TPSA) is 0 Å². The Balaban J connectivity index is 1.87. The molecular formula is C14H19ClS. The van der Waals surface area contributed by atoms with Crippen LogP contribution in [0.15, 0.2) is 29.2 Å². The SMILES string of the molecule is CC(Cl)CC(C)CC1Cc2ccccc2S1. The maximum atomic E-state index is 6.04. The Hall–Kier alpha value is -0.140. The van der Waals surface area contributed by atoms with Gasteiger partial charge in [0, 0.05) is 15.5 Å². The van der Waals surface area contributed by atoms with E-state index >= 15 is 0 Å². The van der Waals surface area contributed by atoms with Crippen LogP contribution >= 0.6 is 23.4 Å². The van der Waals surface area contributed by atoms with Gasteiger partial charge < -0.3 is 0 Å². The summed E-state index contributed by atoms with van der Waals surface area (Å²) in [4.78, 5) is 1.48. The monoisotopic (exact) mass is 254 g/mol. The van der Waals surface area contributed by atoms with Gasteiger partial charge in [-0.1, -0.05) is 25.1 Å². The highest BCUT2D eigenvalue weighted by molar-refractivity contribution is 8.00. The molecule has 0 saturated heterocycles. The van der Waals surface area contributed by atoms with E-state index in [-0.39, 0.29) is 0 Å². The van der Waals surface area contributed by atoms with E-state index in [1.165, 1.54) is 23.3 Å². The van der Waals surface area contributed by atoms with Crippen molar-refractivity contribution in [3.8, 4) is 0 Å². The molecule has 1 aromatic rings. The molecule has 3 unspecified atom stereocenters. The molecule has 0 fully saturated rings. The Morgan fingerprint density at radius 2 is 2.12 bits per heavy atom. The molecule has 0 N–H and O–H groups in total. The maximum absolute atomic E-state index is 6.04. The zero-order valence-electron chi connectivity index (χ0n) is 9.95. The van der Waals surface area contributed by atoms with Gasteiger partial charge in [-0.15, -0.1) is 23.4 Å². The van der Waals surface area contributed by atoms with E-state index in [0.717, 1.165) is 17.6 Å². The lowest BCUT2D eigenvalue weighted by molar-refractivity contribution is 0.481.